The zero-order valence-electron chi connectivity index (χ0n) is 14.4. The summed E-state index contributed by atoms with van der Waals surface area (Å²) in [6.07, 6.45) is 0. The van der Waals surface area contributed by atoms with Crippen LogP contribution in [-0.2, 0) is 16.1 Å². The number of benzene rings is 1. The molecule has 1 aromatic carbocycles. The maximum absolute atomic E-state index is 12.1. The number of fused-ring (bicyclic) bond motifs is 3. The summed E-state index contributed by atoms with van der Waals surface area (Å²) in [7, 11) is 1.72. The average Bonchev–Trinajstić information content (AvgIpc) is 2.76. The molecule has 2 fully saturated rings. The van der Waals surface area contributed by atoms with Crippen LogP contribution in [0.15, 0.2) is 6.07 Å². The van der Waals surface area contributed by atoms with Crippen molar-refractivity contribution in [2.75, 3.05) is 33.4 Å². The van der Waals surface area contributed by atoms with Crippen molar-refractivity contribution in [3.05, 3.63) is 28.3 Å². The van der Waals surface area contributed by atoms with E-state index in [1.165, 1.54) is 22.3 Å². The molecular formula is C18H26N2O3. The minimum Gasteiger partial charge on any atom is -0.496 e. The maximum Gasteiger partial charge on any atom is 0.227 e. The Hall–Kier alpha value is -1.59. The van der Waals surface area contributed by atoms with Gasteiger partial charge < -0.3 is 14.8 Å². The van der Waals surface area contributed by atoms with Gasteiger partial charge in [-0.05, 0) is 49.1 Å². The van der Waals surface area contributed by atoms with Crippen LogP contribution in [0.5, 0.6) is 5.75 Å². The van der Waals surface area contributed by atoms with E-state index < -0.39 is 0 Å². The van der Waals surface area contributed by atoms with Gasteiger partial charge in [-0.1, -0.05) is 0 Å². The SMILES string of the molecule is COc1cc(C)c(CN2C[C@H]3COC[C@@H](C2)C(=O)N3)c(C)c1C. The Bertz CT molecular complexity index is 615. The summed E-state index contributed by atoms with van der Waals surface area (Å²) in [5, 5.41) is 3.09. The Balaban J connectivity index is 1.85. The van der Waals surface area contributed by atoms with Crippen LogP contribution in [0.4, 0.5) is 0 Å². The number of aryl methyl sites for hydroxylation is 1. The average molecular weight is 318 g/mol. The molecule has 1 N–H and O–H groups in total. The van der Waals surface area contributed by atoms with Gasteiger partial charge >= 0.3 is 0 Å². The highest BCUT2D eigenvalue weighted by molar-refractivity contribution is 5.80. The van der Waals surface area contributed by atoms with Crippen LogP contribution in [0.2, 0.25) is 0 Å². The predicted molar refractivity (Wildman–Crippen MR) is 88.7 cm³/mol. The zero-order valence-corrected chi connectivity index (χ0v) is 14.4. The van der Waals surface area contributed by atoms with Crippen molar-refractivity contribution < 1.29 is 14.3 Å². The lowest BCUT2D eigenvalue weighted by Gasteiger charge is -2.29. The third kappa shape index (κ3) is 3.21. The second-order valence-corrected chi connectivity index (χ2v) is 6.76. The lowest BCUT2D eigenvalue weighted by Crippen LogP contribution is -2.41. The van der Waals surface area contributed by atoms with Crippen molar-refractivity contribution in [1.29, 1.82) is 0 Å². The predicted octanol–water partition coefficient (Wildman–Crippen LogP) is 1.57. The number of nitrogens with zero attached hydrogens (tertiary/aromatic N) is 1. The lowest BCUT2D eigenvalue weighted by molar-refractivity contribution is -0.125. The lowest BCUT2D eigenvalue weighted by atomic mass is 9.96. The number of hydrogen-bond donors (Lipinski definition) is 1. The quantitative estimate of drug-likeness (QED) is 0.919. The van der Waals surface area contributed by atoms with E-state index in [9.17, 15) is 4.79 Å². The Morgan fingerprint density at radius 1 is 1.26 bits per heavy atom. The first-order chi connectivity index (χ1) is 11.0. The topological polar surface area (TPSA) is 50.8 Å². The molecule has 0 spiro atoms. The van der Waals surface area contributed by atoms with Crippen LogP contribution in [0.25, 0.3) is 0 Å². The van der Waals surface area contributed by atoms with Gasteiger partial charge in [-0.3, -0.25) is 9.69 Å². The minimum absolute atomic E-state index is 0.0672. The normalized spacial score (nSPS) is 25.0. The van der Waals surface area contributed by atoms with E-state index in [0.29, 0.717) is 13.2 Å². The Kier molecular flexibility index (Phi) is 4.60. The Morgan fingerprint density at radius 2 is 2.04 bits per heavy atom. The number of amides is 1. The van der Waals surface area contributed by atoms with Gasteiger partial charge in [0.25, 0.3) is 0 Å². The molecular weight excluding hydrogens is 292 g/mol. The number of nitrogens with one attached hydrogen (secondary N) is 1. The molecule has 5 heteroatoms. The summed E-state index contributed by atoms with van der Waals surface area (Å²) in [5.74, 6) is 1.01. The van der Waals surface area contributed by atoms with E-state index in [1.807, 2.05) is 0 Å². The Labute approximate surface area is 137 Å². The Morgan fingerprint density at radius 3 is 2.78 bits per heavy atom. The van der Waals surface area contributed by atoms with Crippen molar-refractivity contribution in [2.24, 2.45) is 5.92 Å². The van der Waals surface area contributed by atoms with Crippen LogP contribution in [0.1, 0.15) is 22.3 Å². The second kappa shape index (κ2) is 6.49. The highest BCUT2D eigenvalue weighted by Crippen LogP contribution is 2.29. The molecule has 2 bridgehead atoms. The standard InChI is InChI=1S/C18H26N2O3/c1-11-5-17(22-4)13(3)12(2)16(11)8-20-6-14-9-23-10-15(7-20)19-18(14)21/h5,14-15H,6-10H2,1-4H3,(H,19,21)/t14-,15+/m1/s1. The number of carbonyl (C=O) groups is 1. The molecule has 23 heavy (non-hydrogen) atoms. The van der Waals surface area contributed by atoms with Gasteiger partial charge in [0.15, 0.2) is 0 Å². The first-order valence-electron chi connectivity index (χ1n) is 8.23. The van der Waals surface area contributed by atoms with Gasteiger partial charge in [0.05, 0.1) is 32.3 Å². The molecule has 2 aliphatic rings. The number of carbonyl (C=O) groups excluding carboxylic acids is 1. The molecule has 5 nitrogen and oxygen atoms in total. The molecule has 0 saturated carbocycles. The van der Waals surface area contributed by atoms with Crippen molar-refractivity contribution in [2.45, 2.75) is 33.4 Å². The van der Waals surface area contributed by atoms with Crippen molar-refractivity contribution in [3.8, 4) is 5.75 Å². The first-order valence-corrected chi connectivity index (χ1v) is 8.23. The third-order valence-corrected chi connectivity index (χ3v) is 5.12. The smallest absolute Gasteiger partial charge is 0.227 e. The molecule has 2 aliphatic heterocycles. The highest BCUT2D eigenvalue weighted by atomic mass is 16.5. The molecule has 1 aromatic rings. The van der Waals surface area contributed by atoms with E-state index in [0.717, 1.165) is 25.4 Å². The largest absolute Gasteiger partial charge is 0.496 e. The van der Waals surface area contributed by atoms with E-state index in [4.69, 9.17) is 9.47 Å². The molecule has 0 aliphatic carbocycles. The monoisotopic (exact) mass is 318 g/mol. The van der Waals surface area contributed by atoms with Crippen molar-refractivity contribution in [1.82, 2.24) is 10.2 Å². The molecule has 2 saturated heterocycles. The maximum atomic E-state index is 12.1. The van der Waals surface area contributed by atoms with Crippen LogP contribution in [0, 0.1) is 26.7 Å². The fourth-order valence-electron chi connectivity index (χ4n) is 3.63. The minimum atomic E-state index is -0.0672. The fourth-order valence-corrected chi connectivity index (χ4v) is 3.63. The van der Waals surface area contributed by atoms with E-state index in [1.54, 1.807) is 7.11 Å². The summed E-state index contributed by atoms with van der Waals surface area (Å²) in [4.78, 5) is 14.5. The van der Waals surface area contributed by atoms with Crippen LogP contribution < -0.4 is 10.1 Å². The number of rotatable bonds is 3. The summed E-state index contributed by atoms with van der Waals surface area (Å²) >= 11 is 0. The summed E-state index contributed by atoms with van der Waals surface area (Å²) in [6.45, 7) is 9.99. The van der Waals surface area contributed by atoms with Gasteiger partial charge in [-0.25, -0.2) is 0 Å². The molecule has 0 radical (unpaired) electrons. The molecule has 1 amide bonds. The summed E-state index contributed by atoms with van der Waals surface area (Å²) in [6, 6.07) is 2.21. The second-order valence-electron chi connectivity index (χ2n) is 6.76. The number of hydrogen-bond acceptors (Lipinski definition) is 4. The molecule has 0 unspecified atom stereocenters. The van der Waals surface area contributed by atoms with Gasteiger partial charge in [0, 0.05) is 19.6 Å². The first kappa shape index (κ1) is 16.3. The molecule has 2 heterocycles. The van der Waals surface area contributed by atoms with Gasteiger partial charge in [0.2, 0.25) is 5.91 Å². The van der Waals surface area contributed by atoms with Crippen molar-refractivity contribution >= 4 is 5.91 Å². The zero-order chi connectivity index (χ0) is 16.6. The molecule has 126 valence electrons. The van der Waals surface area contributed by atoms with Gasteiger partial charge in [0.1, 0.15) is 5.75 Å². The fraction of sp³-hybridized carbons (Fsp3) is 0.611. The molecule has 3 rings (SSSR count). The third-order valence-electron chi connectivity index (χ3n) is 5.12. The summed E-state index contributed by atoms with van der Waals surface area (Å²) in [5.41, 5.74) is 5.07. The van der Waals surface area contributed by atoms with Gasteiger partial charge in [-0.15, -0.1) is 0 Å². The summed E-state index contributed by atoms with van der Waals surface area (Å²) < 4.78 is 11.1. The van der Waals surface area contributed by atoms with Crippen LogP contribution in [-0.4, -0.2) is 50.3 Å². The number of methoxy groups -OCH3 is 1. The van der Waals surface area contributed by atoms with E-state index >= 15 is 0 Å². The van der Waals surface area contributed by atoms with Crippen molar-refractivity contribution in [3.63, 3.8) is 0 Å². The van der Waals surface area contributed by atoms with E-state index in [2.05, 4.69) is 37.1 Å². The molecule has 0 aromatic heterocycles. The van der Waals surface area contributed by atoms with Crippen LogP contribution in [0.3, 0.4) is 0 Å². The van der Waals surface area contributed by atoms with Gasteiger partial charge in [-0.2, -0.15) is 0 Å². The molecule has 2 atom stereocenters. The van der Waals surface area contributed by atoms with Crippen LogP contribution >= 0.6 is 0 Å². The van der Waals surface area contributed by atoms with E-state index in [-0.39, 0.29) is 17.9 Å². The highest BCUT2D eigenvalue weighted by Gasteiger charge is 2.33. The number of ether oxygens (including phenoxy) is 2.